The SMILES string of the molecule is CC(CC1(C)CCCCC(C)(C(C)(C)CC(C)(C)C#N)CCC1)NN. The van der Waals surface area contributed by atoms with Crippen LogP contribution in [0.1, 0.15) is 106 Å². The van der Waals surface area contributed by atoms with Crippen LogP contribution in [0.3, 0.4) is 0 Å². The standard InChI is InChI=1S/C22H43N3/c1-18(25-24)15-21(6)11-8-9-13-22(7,14-10-12-21)20(4,5)16-19(2,3)17-23/h18,25H,8-16,24H2,1-7H3. The molecule has 0 spiro atoms. The number of nitrogens with zero attached hydrogens (tertiary/aromatic N) is 1. The molecule has 0 aromatic heterocycles. The smallest absolute Gasteiger partial charge is 0.0684 e. The number of nitriles is 1. The van der Waals surface area contributed by atoms with Gasteiger partial charge in [-0.15, -0.1) is 0 Å². The monoisotopic (exact) mass is 349 g/mol. The summed E-state index contributed by atoms with van der Waals surface area (Å²) in [5.74, 6) is 5.64. The zero-order chi connectivity index (χ0) is 19.4. The summed E-state index contributed by atoms with van der Waals surface area (Å²) >= 11 is 0. The first-order chi connectivity index (χ1) is 11.4. The van der Waals surface area contributed by atoms with Gasteiger partial charge in [-0.2, -0.15) is 5.26 Å². The lowest BCUT2D eigenvalue weighted by Crippen LogP contribution is -2.39. The number of hydrazine groups is 1. The molecule has 0 amide bonds. The Balaban J connectivity index is 2.87. The van der Waals surface area contributed by atoms with E-state index in [0.29, 0.717) is 16.9 Å². The molecule has 0 aromatic carbocycles. The number of nitrogens with one attached hydrogen (secondary N) is 1. The second-order valence-corrected chi connectivity index (χ2v) is 10.8. The van der Waals surface area contributed by atoms with Crippen molar-refractivity contribution < 1.29 is 0 Å². The molecule has 0 bridgehead atoms. The zero-order valence-electron chi connectivity index (χ0n) is 18.0. The van der Waals surface area contributed by atoms with E-state index in [1.165, 1.54) is 44.9 Å². The van der Waals surface area contributed by atoms with Gasteiger partial charge in [0.25, 0.3) is 0 Å². The van der Waals surface area contributed by atoms with Crippen LogP contribution < -0.4 is 11.3 Å². The lowest BCUT2D eigenvalue weighted by atomic mass is 9.57. The van der Waals surface area contributed by atoms with Crippen LogP contribution in [0.4, 0.5) is 0 Å². The van der Waals surface area contributed by atoms with Gasteiger partial charge >= 0.3 is 0 Å². The van der Waals surface area contributed by atoms with Crippen LogP contribution in [0.15, 0.2) is 0 Å². The third-order valence-electron chi connectivity index (χ3n) is 7.17. The molecular weight excluding hydrogens is 306 g/mol. The summed E-state index contributed by atoms with van der Waals surface area (Å²) in [7, 11) is 0. The van der Waals surface area contributed by atoms with Crippen LogP contribution in [-0.4, -0.2) is 6.04 Å². The van der Waals surface area contributed by atoms with Crippen LogP contribution in [0.5, 0.6) is 0 Å². The van der Waals surface area contributed by atoms with Crippen LogP contribution in [0, 0.1) is 33.0 Å². The molecule has 0 heterocycles. The fourth-order valence-electron chi connectivity index (χ4n) is 5.26. The number of hydrogen-bond acceptors (Lipinski definition) is 3. The minimum Gasteiger partial charge on any atom is -0.271 e. The molecule has 0 aromatic rings. The van der Waals surface area contributed by atoms with Gasteiger partial charge in [-0.05, 0) is 75.5 Å². The summed E-state index contributed by atoms with van der Waals surface area (Å²) in [6.45, 7) is 16.1. The molecule has 0 radical (unpaired) electrons. The maximum absolute atomic E-state index is 9.49. The van der Waals surface area contributed by atoms with E-state index in [1.54, 1.807) is 0 Å². The van der Waals surface area contributed by atoms with E-state index in [1.807, 2.05) is 0 Å². The highest BCUT2D eigenvalue weighted by atomic mass is 15.2. The van der Waals surface area contributed by atoms with Gasteiger partial charge in [0.2, 0.25) is 0 Å². The van der Waals surface area contributed by atoms with Crippen molar-refractivity contribution in [2.24, 2.45) is 27.5 Å². The third kappa shape index (κ3) is 6.26. The Morgan fingerprint density at radius 1 is 1.04 bits per heavy atom. The van der Waals surface area contributed by atoms with Gasteiger partial charge in [0.1, 0.15) is 0 Å². The molecule has 3 heteroatoms. The fraction of sp³-hybridized carbons (Fsp3) is 0.955. The molecule has 3 atom stereocenters. The van der Waals surface area contributed by atoms with Crippen molar-refractivity contribution in [3.63, 3.8) is 0 Å². The van der Waals surface area contributed by atoms with Crippen LogP contribution in [-0.2, 0) is 0 Å². The average molecular weight is 350 g/mol. The summed E-state index contributed by atoms with van der Waals surface area (Å²) in [6, 6.07) is 2.90. The highest BCUT2D eigenvalue weighted by Gasteiger charge is 2.44. The van der Waals surface area contributed by atoms with E-state index in [-0.39, 0.29) is 10.8 Å². The van der Waals surface area contributed by atoms with E-state index < -0.39 is 0 Å². The summed E-state index contributed by atoms with van der Waals surface area (Å²) in [6.07, 6.45) is 11.1. The van der Waals surface area contributed by atoms with E-state index in [9.17, 15) is 5.26 Å². The Morgan fingerprint density at radius 2 is 1.56 bits per heavy atom. The molecule has 1 fully saturated rings. The number of rotatable bonds is 6. The Hall–Kier alpha value is -0.590. The normalized spacial score (nSPS) is 30.7. The van der Waals surface area contributed by atoms with Gasteiger partial charge in [0, 0.05) is 6.04 Å². The summed E-state index contributed by atoms with van der Waals surface area (Å²) < 4.78 is 0. The van der Waals surface area contributed by atoms with Gasteiger partial charge in [0.05, 0.1) is 11.5 Å². The molecule has 3 nitrogen and oxygen atoms in total. The fourth-order valence-corrected chi connectivity index (χ4v) is 5.26. The molecule has 1 saturated carbocycles. The predicted octanol–water partition coefficient (Wildman–Crippen LogP) is 5.95. The molecule has 146 valence electrons. The third-order valence-corrected chi connectivity index (χ3v) is 7.17. The van der Waals surface area contributed by atoms with E-state index >= 15 is 0 Å². The lowest BCUT2D eigenvalue weighted by Gasteiger charge is -2.47. The Labute approximate surface area is 157 Å². The van der Waals surface area contributed by atoms with Gasteiger partial charge in [0.15, 0.2) is 0 Å². The first kappa shape index (κ1) is 22.5. The van der Waals surface area contributed by atoms with Crippen molar-refractivity contribution in [1.82, 2.24) is 5.43 Å². The lowest BCUT2D eigenvalue weighted by molar-refractivity contribution is 0.0301. The Kier molecular flexibility index (Phi) is 7.54. The summed E-state index contributed by atoms with van der Waals surface area (Å²) in [4.78, 5) is 0. The van der Waals surface area contributed by atoms with Crippen molar-refractivity contribution in [2.75, 3.05) is 0 Å². The molecule has 3 unspecified atom stereocenters. The van der Waals surface area contributed by atoms with Crippen molar-refractivity contribution in [1.29, 1.82) is 5.26 Å². The van der Waals surface area contributed by atoms with E-state index in [2.05, 4.69) is 60.0 Å². The Bertz CT molecular complexity index is 462. The highest BCUT2D eigenvalue weighted by Crippen LogP contribution is 2.53. The zero-order valence-corrected chi connectivity index (χ0v) is 18.0. The highest BCUT2D eigenvalue weighted by molar-refractivity contribution is 5.00. The molecule has 25 heavy (non-hydrogen) atoms. The van der Waals surface area contributed by atoms with E-state index in [4.69, 9.17) is 5.84 Å². The second-order valence-electron chi connectivity index (χ2n) is 10.8. The molecule has 3 N–H and O–H groups in total. The topological polar surface area (TPSA) is 61.8 Å². The average Bonchev–Trinajstić information content (AvgIpc) is 2.57. The maximum atomic E-state index is 9.49. The molecule has 0 saturated heterocycles. The molecule has 0 aliphatic heterocycles. The van der Waals surface area contributed by atoms with Gasteiger partial charge < -0.3 is 0 Å². The molecule has 1 rings (SSSR count). The molecule has 1 aliphatic rings. The van der Waals surface area contributed by atoms with Crippen molar-refractivity contribution >= 4 is 0 Å². The summed E-state index contributed by atoms with van der Waals surface area (Å²) in [5.41, 5.74) is 3.57. The molecule has 1 aliphatic carbocycles. The van der Waals surface area contributed by atoms with Crippen LogP contribution in [0.2, 0.25) is 0 Å². The minimum atomic E-state index is -0.248. The summed E-state index contributed by atoms with van der Waals surface area (Å²) in [5, 5.41) is 9.49. The van der Waals surface area contributed by atoms with Crippen LogP contribution >= 0.6 is 0 Å². The van der Waals surface area contributed by atoms with E-state index in [0.717, 1.165) is 12.8 Å². The van der Waals surface area contributed by atoms with Crippen LogP contribution in [0.25, 0.3) is 0 Å². The van der Waals surface area contributed by atoms with Crippen molar-refractivity contribution in [3.8, 4) is 6.07 Å². The first-order valence-corrected chi connectivity index (χ1v) is 10.3. The first-order valence-electron chi connectivity index (χ1n) is 10.3. The van der Waals surface area contributed by atoms with Crippen molar-refractivity contribution in [2.45, 2.75) is 112 Å². The van der Waals surface area contributed by atoms with Gasteiger partial charge in [-0.25, -0.2) is 0 Å². The largest absolute Gasteiger partial charge is 0.271 e. The quantitative estimate of drug-likeness (QED) is 0.460. The minimum absolute atomic E-state index is 0.180. The number of hydrogen-bond donors (Lipinski definition) is 2. The van der Waals surface area contributed by atoms with Crippen molar-refractivity contribution in [3.05, 3.63) is 0 Å². The van der Waals surface area contributed by atoms with Gasteiger partial charge in [-0.3, -0.25) is 11.3 Å². The maximum Gasteiger partial charge on any atom is 0.0684 e. The Morgan fingerprint density at radius 3 is 2.12 bits per heavy atom. The predicted molar refractivity (Wildman–Crippen MR) is 108 cm³/mol. The molecular formula is C22H43N3. The number of nitrogens with two attached hydrogens (primary N) is 1. The van der Waals surface area contributed by atoms with Gasteiger partial charge in [-0.1, -0.05) is 47.0 Å². The second kappa shape index (κ2) is 8.40.